The van der Waals surface area contributed by atoms with Crippen LogP contribution in [0.5, 0.6) is 0 Å². The fraction of sp³-hybridized carbons (Fsp3) is 0.385. The standard InChI is InChI=1S/C13H14F3N3/c1-8(17-2)5-12-18-7-9-6-10(13(14,15)16)3-4-11(9)19-12/h3-4,6-8,17H,5H2,1-2H3. The Hall–Kier alpha value is -1.69. The maximum absolute atomic E-state index is 12.6. The lowest BCUT2D eigenvalue weighted by atomic mass is 10.1. The highest BCUT2D eigenvalue weighted by Gasteiger charge is 2.30. The topological polar surface area (TPSA) is 37.8 Å². The van der Waals surface area contributed by atoms with Gasteiger partial charge in [-0.15, -0.1) is 0 Å². The van der Waals surface area contributed by atoms with Crippen molar-refractivity contribution in [3.8, 4) is 0 Å². The van der Waals surface area contributed by atoms with Crippen molar-refractivity contribution in [2.24, 2.45) is 0 Å². The summed E-state index contributed by atoms with van der Waals surface area (Å²) < 4.78 is 37.7. The molecule has 0 aliphatic carbocycles. The Bertz CT molecular complexity index is 581. The van der Waals surface area contributed by atoms with Gasteiger partial charge >= 0.3 is 6.18 Å². The maximum atomic E-state index is 12.6. The normalized spacial score (nSPS) is 13.7. The van der Waals surface area contributed by atoms with Crippen LogP contribution < -0.4 is 5.32 Å². The van der Waals surface area contributed by atoms with E-state index in [1.165, 1.54) is 12.3 Å². The molecule has 0 fully saturated rings. The molecule has 0 radical (unpaired) electrons. The lowest BCUT2D eigenvalue weighted by Crippen LogP contribution is -2.24. The SMILES string of the molecule is CNC(C)Cc1ncc2cc(C(F)(F)F)ccc2n1. The van der Waals surface area contributed by atoms with Crippen LogP contribution in [0, 0.1) is 0 Å². The molecule has 1 aromatic carbocycles. The van der Waals surface area contributed by atoms with Gasteiger partial charge in [-0.1, -0.05) is 0 Å². The van der Waals surface area contributed by atoms with Gasteiger partial charge in [0.15, 0.2) is 0 Å². The molecule has 0 bridgehead atoms. The van der Waals surface area contributed by atoms with E-state index in [4.69, 9.17) is 0 Å². The largest absolute Gasteiger partial charge is 0.416 e. The number of alkyl halides is 3. The van der Waals surface area contributed by atoms with Crippen LogP contribution in [-0.2, 0) is 12.6 Å². The molecule has 0 aliphatic heterocycles. The second-order valence-corrected chi connectivity index (χ2v) is 4.45. The molecule has 1 heterocycles. The Balaban J connectivity index is 2.35. The minimum absolute atomic E-state index is 0.215. The molecule has 102 valence electrons. The first-order valence-corrected chi connectivity index (χ1v) is 5.90. The van der Waals surface area contributed by atoms with Gasteiger partial charge in [0.1, 0.15) is 5.82 Å². The number of halogens is 3. The molecule has 1 atom stereocenters. The van der Waals surface area contributed by atoms with Crippen LogP contribution in [0.4, 0.5) is 13.2 Å². The van der Waals surface area contributed by atoms with Gasteiger partial charge in [0.2, 0.25) is 0 Å². The summed E-state index contributed by atoms with van der Waals surface area (Å²) >= 11 is 0. The first-order chi connectivity index (χ1) is 8.90. The summed E-state index contributed by atoms with van der Waals surface area (Å²) in [5, 5.41) is 3.46. The minimum atomic E-state index is -4.34. The second kappa shape index (κ2) is 5.13. The van der Waals surface area contributed by atoms with Gasteiger partial charge in [-0.2, -0.15) is 13.2 Å². The molecule has 19 heavy (non-hydrogen) atoms. The zero-order valence-corrected chi connectivity index (χ0v) is 10.6. The summed E-state index contributed by atoms with van der Waals surface area (Å²) in [5.74, 6) is 0.620. The van der Waals surface area contributed by atoms with Crippen molar-refractivity contribution < 1.29 is 13.2 Å². The first kappa shape index (κ1) is 13.7. The van der Waals surface area contributed by atoms with E-state index >= 15 is 0 Å². The zero-order valence-electron chi connectivity index (χ0n) is 10.6. The van der Waals surface area contributed by atoms with Gasteiger partial charge in [-0.05, 0) is 32.2 Å². The van der Waals surface area contributed by atoms with Crippen molar-refractivity contribution in [2.75, 3.05) is 7.05 Å². The molecule has 2 aromatic rings. The monoisotopic (exact) mass is 269 g/mol. The van der Waals surface area contributed by atoms with Crippen molar-refractivity contribution >= 4 is 10.9 Å². The van der Waals surface area contributed by atoms with Crippen molar-refractivity contribution in [1.82, 2.24) is 15.3 Å². The van der Waals surface area contributed by atoms with Crippen LogP contribution in [0.15, 0.2) is 24.4 Å². The molecule has 0 saturated carbocycles. The molecule has 0 saturated heterocycles. The number of hydrogen-bond acceptors (Lipinski definition) is 3. The number of benzene rings is 1. The fourth-order valence-corrected chi connectivity index (χ4v) is 1.72. The van der Waals surface area contributed by atoms with Crippen LogP contribution in [0.25, 0.3) is 10.9 Å². The van der Waals surface area contributed by atoms with E-state index in [0.717, 1.165) is 12.1 Å². The Labute approximate surface area is 108 Å². The molecule has 3 nitrogen and oxygen atoms in total. The summed E-state index contributed by atoms with van der Waals surface area (Å²) in [6, 6.07) is 3.71. The Morgan fingerprint density at radius 1 is 1.32 bits per heavy atom. The number of aromatic nitrogens is 2. The Morgan fingerprint density at radius 3 is 2.68 bits per heavy atom. The number of likely N-dealkylation sites (N-methyl/N-ethyl adjacent to an activating group) is 1. The molecular weight excluding hydrogens is 255 g/mol. The molecule has 6 heteroatoms. The van der Waals surface area contributed by atoms with Gasteiger partial charge in [0.25, 0.3) is 0 Å². The van der Waals surface area contributed by atoms with Gasteiger partial charge in [0.05, 0.1) is 11.1 Å². The minimum Gasteiger partial charge on any atom is -0.317 e. The molecular formula is C13H14F3N3. The third-order valence-corrected chi connectivity index (χ3v) is 2.94. The van der Waals surface area contributed by atoms with E-state index in [0.29, 0.717) is 23.1 Å². The van der Waals surface area contributed by atoms with Gasteiger partial charge in [-0.3, -0.25) is 0 Å². The van der Waals surface area contributed by atoms with Crippen LogP contribution in [-0.4, -0.2) is 23.1 Å². The lowest BCUT2D eigenvalue weighted by Gasteiger charge is -2.10. The maximum Gasteiger partial charge on any atom is 0.416 e. The zero-order chi connectivity index (χ0) is 14.0. The quantitative estimate of drug-likeness (QED) is 0.931. The van der Waals surface area contributed by atoms with Crippen molar-refractivity contribution in [3.05, 3.63) is 35.8 Å². The molecule has 0 spiro atoms. The third-order valence-electron chi connectivity index (χ3n) is 2.94. The molecule has 1 aromatic heterocycles. The van der Waals surface area contributed by atoms with E-state index in [-0.39, 0.29) is 6.04 Å². The molecule has 1 unspecified atom stereocenters. The third kappa shape index (κ3) is 3.20. The van der Waals surface area contributed by atoms with Crippen molar-refractivity contribution in [3.63, 3.8) is 0 Å². The molecule has 2 rings (SSSR count). The van der Waals surface area contributed by atoms with Crippen LogP contribution >= 0.6 is 0 Å². The summed E-state index contributed by atoms with van der Waals surface area (Å²) in [6.07, 6.45) is -2.27. The second-order valence-electron chi connectivity index (χ2n) is 4.45. The summed E-state index contributed by atoms with van der Waals surface area (Å²) in [5.41, 5.74) is -0.152. The average Bonchev–Trinajstić information content (AvgIpc) is 2.36. The number of rotatable bonds is 3. The highest BCUT2D eigenvalue weighted by atomic mass is 19.4. The molecule has 1 N–H and O–H groups in total. The average molecular weight is 269 g/mol. The number of fused-ring (bicyclic) bond motifs is 1. The fourth-order valence-electron chi connectivity index (χ4n) is 1.72. The van der Waals surface area contributed by atoms with E-state index in [1.807, 2.05) is 14.0 Å². The Morgan fingerprint density at radius 2 is 2.05 bits per heavy atom. The predicted octanol–water partition coefficient (Wildman–Crippen LogP) is 2.80. The smallest absolute Gasteiger partial charge is 0.317 e. The van der Waals surface area contributed by atoms with Gasteiger partial charge in [-0.25, -0.2) is 9.97 Å². The highest BCUT2D eigenvalue weighted by molar-refractivity contribution is 5.78. The lowest BCUT2D eigenvalue weighted by molar-refractivity contribution is -0.137. The van der Waals surface area contributed by atoms with Gasteiger partial charge < -0.3 is 5.32 Å². The number of hydrogen-bond donors (Lipinski definition) is 1. The van der Waals surface area contributed by atoms with Gasteiger partial charge in [0, 0.05) is 24.0 Å². The van der Waals surface area contributed by atoms with E-state index in [1.54, 1.807) is 0 Å². The summed E-state index contributed by atoms with van der Waals surface area (Å²) in [4.78, 5) is 8.37. The predicted molar refractivity (Wildman–Crippen MR) is 66.8 cm³/mol. The summed E-state index contributed by atoms with van der Waals surface area (Å²) in [7, 11) is 1.83. The van der Waals surface area contributed by atoms with Crippen molar-refractivity contribution in [1.29, 1.82) is 0 Å². The first-order valence-electron chi connectivity index (χ1n) is 5.90. The molecule has 0 aliphatic rings. The highest BCUT2D eigenvalue weighted by Crippen LogP contribution is 2.30. The van der Waals surface area contributed by atoms with Crippen molar-refractivity contribution in [2.45, 2.75) is 25.6 Å². The number of nitrogens with one attached hydrogen (secondary N) is 1. The molecule has 0 amide bonds. The van der Waals surface area contributed by atoms with E-state index in [2.05, 4.69) is 15.3 Å². The van der Waals surface area contributed by atoms with Crippen LogP contribution in [0.3, 0.4) is 0 Å². The van der Waals surface area contributed by atoms with Crippen LogP contribution in [0.2, 0.25) is 0 Å². The number of nitrogens with zero attached hydrogens (tertiary/aromatic N) is 2. The van der Waals surface area contributed by atoms with Crippen LogP contribution in [0.1, 0.15) is 18.3 Å². The van der Waals surface area contributed by atoms with E-state index in [9.17, 15) is 13.2 Å². The summed E-state index contributed by atoms with van der Waals surface area (Å²) in [6.45, 7) is 1.99. The van der Waals surface area contributed by atoms with E-state index < -0.39 is 11.7 Å². The Kier molecular flexibility index (Phi) is 3.71.